The molecule has 0 bridgehead atoms. The molecule has 0 heterocycles. The van der Waals surface area contributed by atoms with Crippen molar-refractivity contribution in [3.05, 3.63) is 64.4 Å². The van der Waals surface area contributed by atoms with Crippen LogP contribution in [-0.4, -0.2) is 24.1 Å². The Labute approximate surface area is 162 Å². The number of carbonyl (C=O) groups is 2. The number of rotatable bonds is 8. The van der Waals surface area contributed by atoms with Crippen LogP contribution < -0.4 is 10.1 Å². The minimum atomic E-state index is -1.10. The molecule has 2 atom stereocenters. The van der Waals surface area contributed by atoms with Gasteiger partial charge in [-0.15, -0.1) is 0 Å². The minimum Gasteiger partial charge on any atom is -0.496 e. The van der Waals surface area contributed by atoms with Gasteiger partial charge in [-0.2, -0.15) is 0 Å². The van der Waals surface area contributed by atoms with Crippen LogP contribution in [0.5, 0.6) is 5.75 Å². The molecule has 0 fully saturated rings. The molecule has 0 saturated heterocycles. The summed E-state index contributed by atoms with van der Waals surface area (Å²) in [5.41, 5.74) is 1.22. The van der Waals surface area contributed by atoms with Gasteiger partial charge < -0.3 is 15.2 Å². The maximum atomic E-state index is 13.7. The van der Waals surface area contributed by atoms with E-state index in [0.29, 0.717) is 11.3 Å². The van der Waals surface area contributed by atoms with Crippen molar-refractivity contribution in [1.29, 1.82) is 0 Å². The van der Waals surface area contributed by atoms with E-state index < -0.39 is 17.8 Å². The van der Waals surface area contributed by atoms with Crippen molar-refractivity contribution < 1.29 is 23.8 Å². The number of carboxylic acids is 1. The summed E-state index contributed by atoms with van der Waals surface area (Å²) in [5, 5.41) is 11.7. The van der Waals surface area contributed by atoms with Crippen LogP contribution in [0.1, 0.15) is 42.9 Å². The molecule has 0 aliphatic carbocycles. The van der Waals surface area contributed by atoms with Crippen molar-refractivity contribution in [2.24, 2.45) is 0 Å². The van der Waals surface area contributed by atoms with E-state index in [2.05, 4.69) is 5.32 Å². The van der Waals surface area contributed by atoms with Gasteiger partial charge in [0.2, 0.25) is 5.91 Å². The molecule has 2 rings (SSSR count). The highest BCUT2D eigenvalue weighted by molar-refractivity contribution is 6.30. The lowest BCUT2D eigenvalue weighted by atomic mass is 9.95. The molecule has 2 N–H and O–H groups in total. The fourth-order valence-electron chi connectivity index (χ4n) is 2.87. The van der Waals surface area contributed by atoms with Crippen LogP contribution in [0.15, 0.2) is 42.5 Å². The summed E-state index contributed by atoms with van der Waals surface area (Å²) in [6.45, 7) is 1.88. The highest BCUT2D eigenvalue weighted by atomic mass is 35.5. The van der Waals surface area contributed by atoms with Crippen LogP contribution in [-0.2, 0) is 9.59 Å². The summed E-state index contributed by atoms with van der Waals surface area (Å²) in [5.74, 6) is -1.57. The zero-order chi connectivity index (χ0) is 20.0. The minimum absolute atomic E-state index is 0.0658. The van der Waals surface area contributed by atoms with E-state index in [1.54, 1.807) is 7.11 Å². The van der Waals surface area contributed by atoms with Gasteiger partial charge in [0.1, 0.15) is 11.6 Å². The van der Waals surface area contributed by atoms with Crippen LogP contribution in [0.3, 0.4) is 0 Å². The van der Waals surface area contributed by atoms with Gasteiger partial charge in [0, 0.05) is 6.42 Å². The first-order valence-corrected chi connectivity index (χ1v) is 8.78. The summed E-state index contributed by atoms with van der Waals surface area (Å²) in [6.07, 6.45) is -0.234. The predicted octanol–water partition coefficient (Wildman–Crippen LogP) is 4.31. The third-order valence-electron chi connectivity index (χ3n) is 4.22. The lowest BCUT2D eigenvalue weighted by molar-refractivity contribution is -0.137. The van der Waals surface area contributed by atoms with Crippen LogP contribution in [0.25, 0.3) is 0 Å². The topological polar surface area (TPSA) is 75.6 Å². The zero-order valence-electron chi connectivity index (χ0n) is 15.0. The Morgan fingerprint density at radius 2 is 1.93 bits per heavy atom. The molecule has 144 valence electrons. The molecule has 0 saturated carbocycles. The number of ether oxygens (including phenoxy) is 1. The van der Waals surface area contributed by atoms with E-state index in [-0.39, 0.29) is 29.7 Å². The number of nitrogens with one attached hydrogen (secondary N) is 1. The Morgan fingerprint density at radius 1 is 1.22 bits per heavy atom. The Kier molecular flexibility index (Phi) is 7.19. The monoisotopic (exact) mass is 393 g/mol. The van der Waals surface area contributed by atoms with Gasteiger partial charge in [-0.1, -0.05) is 42.8 Å². The van der Waals surface area contributed by atoms with Crippen LogP contribution in [0.4, 0.5) is 4.39 Å². The first-order valence-electron chi connectivity index (χ1n) is 8.40. The average molecular weight is 394 g/mol. The maximum Gasteiger partial charge on any atom is 0.305 e. The van der Waals surface area contributed by atoms with Crippen molar-refractivity contribution in [1.82, 2.24) is 5.32 Å². The number of methoxy groups -OCH3 is 1. The summed E-state index contributed by atoms with van der Waals surface area (Å²) in [4.78, 5) is 23.6. The number of aliphatic carboxylic acids is 1. The fraction of sp³-hybridized carbons (Fsp3) is 0.300. The smallest absolute Gasteiger partial charge is 0.305 e. The first-order chi connectivity index (χ1) is 12.8. The van der Waals surface area contributed by atoms with E-state index in [1.165, 1.54) is 12.1 Å². The molecule has 0 aromatic heterocycles. The molecule has 5 nitrogen and oxygen atoms in total. The summed E-state index contributed by atoms with van der Waals surface area (Å²) >= 11 is 5.67. The number of carbonyl (C=O) groups excluding carboxylic acids is 1. The summed E-state index contributed by atoms with van der Waals surface area (Å²) < 4.78 is 19.0. The number of hydrogen-bond donors (Lipinski definition) is 2. The van der Waals surface area contributed by atoms with E-state index in [1.807, 2.05) is 31.2 Å². The molecule has 2 aromatic carbocycles. The van der Waals surface area contributed by atoms with Gasteiger partial charge >= 0.3 is 5.97 Å². The maximum absolute atomic E-state index is 13.7. The average Bonchev–Trinajstić information content (AvgIpc) is 2.62. The van der Waals surface area contributed by atoms with Crippen molar-refractivity contribution in [3.63, 3.8) is 0 Å². The lowest BCUT2D eigenvalue weighted by Gasteiger charge is -2.20. The second-order valence-electron chi connectivity index (χ2n) is 6.24. The second kappa shape index (κ2) is 9.37. The van der Waals surface area contributed by atoms with Gasteiger partial charge in [-0.25, -0.2) is 4.39 Å². The standard InChI is InChI=1S/C20H21ClFNO4/c1-12(14-5-3-4-6-18(14)27-2)9-19(24)23-17(11-20(25)26)13-7-8-15(21)16(22)10-13/h3-8,10,12,17H,9,11H2,1-2H3,(H,23,24)(H,25,26). The lowest BCUT2D eigenvalue weighted by Crippen LogP contribution is -2.31. The molecule has 1 amide bonds. The van der Waals surface area contributed by atoms with Gasteiger partial charge in [0.15, 0.2) is 0 Å². The number of benzene rings is 2. The Morgan fingerprint density at radius 3 is 2.56 bits per heavy atom. The van der Waals surface area contributed by atoms with E-state index in [4.69, 9.17) is 21.4 Å². The van der Waals surface area contributed by atoms with Crippen LogP contribution >= 0.6 is 11.6 Å². The van der Waals surface area contributed by atoms with Crippen LogP contribution in [0.2, 0.25) is 5.02 Å². The molecular formula is C20H21ClFNO4. The Bertz CT molecular complexity index is 827. The number of halogens is 2. The van der Waals surface area contributed by atoms with Crippen molar-refractivity contribution in [3.8, 4) is 5.75 Å². The predicted molar refractivity (Wildman–Crippen MR) is 101 cm³/mol. The quantitative estimate of drug-likeness (QED) is 0.700. The zero-order valence-corrected chi connectivity index (χ0v) is 15.8. The highest BCUT2D eigenvalue weighted by Gasteiger charge is 2.21. The van der Waals surface area contributed by atoms with Crippen molar-refractivity contribution >= 4 is 23.5 Å². The number of carboxylic acid groups (broad SMARTS) is 1. The number of hydrogen-bond acceptors (Lipinski definition) is 3. The highest BCUT2D eigenvalue weighted by Crippen LogP contribution is 2.29. The SMILES string of the molecule is COc1ccccc1C(C)CC(=O)NC(CC(=O)O)c1ccc(Cl)c(F)c1. The van der Waals surface area contributed by atoms with Gasteiger partial charge in [0.25, 0.3) is 0 Å². The third kappa shape index (κ3) is 5.69. The van der Waals surface area contributed by atoms with Gasteiger partial charge in [0.05, 0.1) is 24.6 Å². The van der Waals surface area contributed by atoms with Crippen LogP contribution in [0, 0.1) is 5.82 Å². The van der Waals surface area contributed by atoms with Gasteiger partial charge in [-0.05, 0) is 35.2 Å². The molecule has 0 aliphatic rings. The Balaban J connectivity index is 2.13. The third-order valence-corrected chi connectivity index (χ3v) is 4.53. The second-order valence-corrected chi connectivity index (χ2v) is 6.65. The Hall–Kier alpha value is -2.60. The molecule has 2 unspecified atom stereocenters. The van der Waals surface area contributed by atoms with Gasteiger partial charge in [-0.3, -0.25) is 9.59 Å². The number of amides is 1. The van der Waals surface area contributed by atoms with E-state index >= 15 is 0 Å². The summed E-state index contributed by atoms with van der Waals surface area (Å²) in [7, 11) is 1.56. The van der Waals surface area contributed by atoms with Crippen molar-refractivity contribution in [2.45, 2.75) is 31.7 Å². The van der Waals surface area contributed by atoms with Crippen molar-refractivity contribution in [2.75, 3.05) is 7.11 Å². The normalized spacial score (nSPS) is 12.9. The van der Waals surface area contributed by atoms with E-state index in [0.717, 1.165) is 11.6 Å². The number of para-hydroxylation sites is 1. The molecule has 27 heavy (non-hydrogen) atoms. The molecule has 0 radical (unpaired) electrons. The molecule has 7 heteroatoms. The molecule has 0 spiro atoms. The first kappa shape index (κ1) is 20.7. The molecular weight excluding hydrogens is 373 g/mol. The molecule has 0 aliphatic heterocycles. The molecule has 2 aromatic rings. The summed E-state index contributed by atoms with van der Waals surface area (Å²) in [6, 6.07) is 10.5. The van der Waals surface area contributed by atoms with E-state index in [9.17, 15) is 14.0 Å². The fourth-order valence-corrected chi connectivity index (χ4v) is 2.99. The largest absolute Gasteiger partial charge is 0.496 e.